The van der Waals surface area contributed by atoms with Crippen LogP contribution in [-0.2, 0) is 10.3 Å². The molecule has 0 spiro atoms. The highest BCUT2D eigenvalue weighted by Crippen LogP contribution is 2.33. The molecule has 140 valence electrons. The van der Waals surface area contributed by atoms with Gasteiger partial charge in [-0.3, -0.25) is 14.5 Å². The summed E-state index contributed by atoms with van der Waals surface area (Å²) >= 11 is 0. The molecule has 3 aromatic rings. The standard InChI is InChI=1S/C22H17FN2O3/c1-22(18-8-4-6-14-5-2-3-7-17(14)18)20(27)25(21(28)24-22)13-19(26)15-9-11-16(23)12-10-15/h2-12H,13H2,1H3,(H,24,28)/t22-/m0/s1. The first-order valence-electron chi connectivity index (χ1n) is 8.81. The number of halogens is 1. The lowest BCUT2D eigenvalue weighted by atomic mass is 9.88. The quantitative estimate of drug-likeness (QED) is 0.559. The van der Waals surface area contributed by atoms with E-state index in [0.717, 1.165) is 15.7 Å². The molecular weight excluding hydrogens is 359 g/mol. The molecule has 0 unspecified atom stereocenters. The summed E-state index contributed by atoms with van der Waals surface area (Å²) in [5.41, 5.74) is -0.373. The van der Waals surface area contributed by atoms with Gasteiger partial charge in [0.2, 0.25) is 0 Å². The molecule has 0 bridgehead atoms. The van der Waals surface area contributed by atoms with E-state index in [1.807, 2.05) is 36.4 Å². The summed E-state index contributed by atoms with van der Waals surface area (Å²) in [7, 11) is 0. The number of carbonyl (C=O) groups is 3. The second kappa shape index (κ2) is 6.56. The van der Waals surface area contributed by atoms with Crippen molar-refractivity contribution in [2.45, 2.75) is 12.5 Å². The summed E-state index contributed by atoms with van der Waals surface area (Å²) in [4.78, 5) is 39.0. The monoisotopic (exact) mass is 376 g/mol. The first-order chi connectivity index (χ1) is 13.4. The predicted octanol–water partition coefficient (Wildman–Crippen LogP) is 3.63. The molecule has 1 aliphatic rings. The molecule has 28 heavy (non-hydrogen) atoms. The molecule has 0 radical (unpaired) electrons. The Balaban J connectivity index is 1.66. The Kier molecular flexibility index (Phi) is 4.19. The van der Waals surface area contributed by atoms with Crippen LogP contribution in [-0.4, -0.2) is 29.2 Å². The molecule has 5 nitrogen and oxygen atoms in total. The van der Waals surface area contributed by atoms with Crippen molar-refractivity contribution in [2.24, 2.45) is 0 Å². The van der Waals surface area contributed by atoms with E-state index in [9.17, 15) is 18.8 Å². The number of imide groups is 1. The highest BCUT2D eigenvalue weighted by Gasteiger charge is 2.50. The van der Waals surface area contributed by atoms with Gasteiger partial charge >= 0.3 is 6.03 Å². The number of ketones is 1. The minimum atomic E-state index is -1.28. The molecule has 0 aromatic heterocycles. The maximum atomic E-state index is 13.1. The van der Waals surface area contributed by atoms with Crippen LogP contribution in [0.2, 0.25) is 0 Å². The average molecular weight is 376 g/mol. The number of hydrogen-bond acceptors (Lipinski definition) is 3. The van der Waals surface area contributed by atoms with Crippen LogP contribution >= 0.6 is 0 Å². The molecule has 1 fully saturated rings. The Hall–Kier alpha value is -3.54. The van der Waals surface area contributed by atoms with E-state index in [1.54, 1.807) is 13.0 Å². The summed E-state index contributed by atoms with van der Waals surface area (Å²) in [5, 5.41) is 4.53. The van der Waals surface area contributed by atoms with Crippen molar-refractivity contribution in [2.75, 3.05) is 6.54 Å². The molecule has 1 aliphatic heterocycles. The van der Waals surface area contributed by atoms with Crippen molar-refractivity contribution in [3.63, 3.8) is 0 Å². The van der Waals surface area contributed by atoms with Crippen LogP contribution in [0.4, 0.5) is 9.18 Å². The van der Waals surface area contributed by atoms with Gasteiger partial charge in [-0.15, -0.1) is 0 Å². The van der Waals surface area contributed by atoms with E-state index >= 15 is 0 Å². The maximum absolute atomic E-state index is 13.1. The molecule has 6 heteroatoms. The number of urea groups is 1. The summed E-state index contributed by atoms with van der Waals surface area (Å²) in [5.74, 6) is -1.40. The minimum Gasteiger partial charge on any atom is -0.319 e. The molecule has 1 heterocycles. The number of benzene rings is 3. The van der Waals surface area contributed by atoms with E-state index in [2.05, 4.69) is 5.32 Å². The Morgan fingerprint density at radius 2 is 1.68 bits per heavy atom. The second-order valence-electron chi connectivity index (χ2n) is 6.90. The summed E-state index contributed by atoms with van der Waals surface area (Å²) in [6, 6.07) is 17.5. The van der Waals surface area contributed by atoms with Gasteiger partial charge in [0.1, 0.15) is 11.4 Å². The zero-order valence-corrected chi connectivity index (χ0v) is 15.1. The molecule has 1 saturated heterocycles. The zero-order valence-electron chi connectivity index (χ0n) is 15.1. The molecule has 0 aliphatic carbocycles. The molecule has 3 amide bonds. The number of Topliss-reactive ketones (excluding diaryl/α,β-unsaturated/α-hetero) is 1. The SMILES string of the molecule is C[C@@]1(c2cccc3ccccc23)NC(=O)N(CC(=O)c2ccc(F)cc2)C1=O. The number of carbonyl (C=O) groups excluding carboxylic acids is 3. The molecule has 3 aromatic carbocycles. The fraction of sp³-hybridized carbons (Fsp3) is 0.136. The number of nitrogens with zero attached hydrogens (tertiary/aromatic N) is 1. The van der Waals surface area contributed by atoms with Gasteiger partial charge in [0.25, 0.3) is 5.91 Å². The number of rotatable bonds is 4. The third kappa shape index (κ3) is 2.83. The van der Waals surface area contributed by atoms with Crippen LogP contribution in [0.3, 0.4) is 0 Å². The first-order valence-corrected chi connectivity index (χ1v) is 8.81. The van der Waals surface area contributed by atoms with Crippen molar-refractivity contribution in [1.29, 1.82) is 0 Å². The van der Waals surface area contributed by atoms with Crippen molar-refractivity contribution in [1.82, 2.24) is 10.2 Å². The van der Waals surface area contributed by atoms with E-state index in [4.69, 9.17) is 0 Å². The van der Waals surface area contributed by atoms with Crippen molar-refractivity contribution in [3.05, 3.63) is 83.7 Å². The van der Waals surface area contributed by atoms with Gasteiger partial charge in [-0.25, -0.2) is 9.18 Å². The normalized spacial score (nSPS) is 19.1. The summed E-state index contributed by atoms with van der Waals surface area (Å²) in [6.45, 7) is 1.23. The van der Waals surface area contributed by atoms with Crippen LogP contribution in [0.15, 0.2) is 66.7 Å². The van der Waals surface area contributed by atoms with Gasteiger partial charge in [0.05, 0.1) is 6.54 Å². The molecule has 0 saturated carbocycles. The highest BCUT2D eigenvalue weighted by molar-refractivity contribution is 6.12. The van der Waals surface area contributed by atoms with Gasteiger partial charge in [-0.1, -0.05) is 42.5 Å². The van der Waals surface area contributed by atoms with Crippen molar-refractivity contribution in [3.8, 4) is 0 Å². The van der Waals surface area contributed by atoms with Crippen molar-refractivity contribution < 1.29 is 18.8 Å². The van der Waals surface area contributed by atoms with Gasteiger partial charge in [0, 0.05) is 5.56 Å². The Labute approximate surface area is 160 Å². The Morgan fingerprint density at radius 3 is 2.43 bits per heavy atom. The van der Waals surface area contributed by atoms with Gasteiger partial charge in [-0.05, 0) is 47.5 Å². The topological polar surface area (TPSA) is 66.5 Å². The Morgan fingerprint density at radius 1 is 1.00 bits per heavy atom. The van der Waals surface area contributed by atoms with Crippen LogP contribution in [0.5, 0.6) is 0 Å². The predicted molar refractivity (Wildman–Crippen MR) is 102 cm³/mol. The lowest BCUT2D eigenvalue weighted by Crippen LogP contribution is -2.41. The lowest BCUT2D eigenvalue weighted by Gasteiger charge is -2.24. The number of fused-ring (bicyclic) bond motifs is 1. The third-order valence-electron chi connectivity index (χ3n) is 5.07. The van der Waals surface area contributed by atoms with Crippen LogP contribution in [0.1, 0.15) is 22.8 Å². The number of nitrogens with one attached hydrogen (secondary N) is 1. The van der Waals surface area contributed by atoms with E-state index in [1.165, 1.54) is 24.3 Å². The van der Waals surface area contributed by atoms with Crippen LogP contribution < -0.4 is 5.32 Å². The highest BCUT2D eigenvalue weighted by atomic mass is 19.1. The van der Waals surface area contributed by atoms with Crippen LogP contribution in [0.25, 0.3) is 10.8 Å². The van der Waals surface area contributed by atoms with E-state index in [0.29, 0.717) is 5.56 Å². The van der Waals surface area contributed by atoms with E-state index in [-0.39, 0.29) is 5.56 Å². The number of amides is 3. The molecule has 1 N–H and O–H groups in total. The zero-order chi connectivity index (χ0) is 19.9. The lowest BCUT2D eigenvalue weighted by molar-refractivity contribution is -0.130. The molecular formula is C22H17FN2O3. The maximum Gasteiger partial charge on any atom is 0.325 e. The van der Waals surface area contributed by atoms with Gasteiger partial charge < -0.3 is 5.32 Å². The average Bonchev–Trinajstić information content (AvgIpc) is 2.92. The smallest absolute Gasteiger partial charge is 0.319 e. The van der Waals surface area contributed by atoms with Crippen molar-refractivity contribution >= 4 is 28.5 Å². The largest absolute Gasteiger partial charge is 0.325 e. The molecule has 1 atom stereocenters. The van der Waals surface area contributed by atoms with Gasteiger partial charge in [0.15, 0.2) is 5.78 Å². The second-order valence-corrected chi connectivity index (χ2v) is 6.90. The van der Waals surface area contributed by atoms with E-state index < -0.39 is 35.6 Å². The first kappa shape index (κ1) is 17.9. The van der Waals surface area contributed by atoms with Gasteiger partial charge in [-0.2, -0.15) is 0 Å². The number of hydrogen-bond donors (Lipinski definition) is 1. The minimum absolute atomic E-state index is 0.237. The fourth-order valence-corrected chi connectivity index (χ4v) is 3.56. The Bertz CT molecular complexity index is 1100. The summed E-state index contributed by atoms with van der Waals surface area (Å²) < 4.78 is 13.1. The third-order valence-corrected chi connectivity index (χ3v) is 5.07. The fourth-order valence-electron chi connectivity index (χ4n) is 3.56. The molecule has 4 rings (SSSR count). The van der Waals surface area contributed by atoms with Crippen LogP contribution in [0, 0.1) is 5.82 Å². The summed E-state index contributed by atoms with van der Waals surface area (Å²) in [6.07, 6.45) is 0.